The summed E-state index contributed by atoms with van der Waals surface area (Å²) in [5, 5.41) is 17.6. The zero-order valence-electron chi connectivity index (χ0n) is 11.6. The molecule has 0 aromatic carbocycles. The summed E-state index contributed by atoms with van der Waals surface area (Å²) in [6.45, 7) is 4.35. The molecule has 1 atom stereocenters. The summed E-state index contributed by atoms with van der Waals surface area (Å²) in [5.41, 5.74) is 1.72. The van der Waals surface area contributed by atoms with Gasteiger partial charge in [-0.15, -0.1) is 0 Å². The van der Waals surface area contributed by atoms with Crippen molar-refractivity contribution in [1.82, 2.24) is 9.97 Å². The first-order chi connectivity index (χ1) is 9.61. The zero-order valence-corrected chi connectivity index (χ0v) is 13.1. The molecule has 0 aliphatic rings. The Morgan fingerprint density at radius 2 is 2.25 bits per heavy atom. The molecule has 0 saturated heterocycles. The van der Waals surface area contributed by atoms with Crippen molar-refractivity contribution in [3.8, 4) is 0 Å². The lowest BCUT2D eigenvalue weighted by molar-refractivity contribution is 0.192. The average Bonchev–Trinajstić information content (AvgIpc) is 2.95. The molecule has 2 N–H and O–H groups in total. The number of nitrogens with one attached hydrogen (secondary N) is 1. The van der Waals surface area contributed by atoms with E-state index in [9.17, 15) is 5.11 Å². The van der Waals surface area contributed by atoms with Crippen molar-refractivity contribution in [3.63, 3.8) is 0 Å². The Morgan fingerprint density at radius 3 is 2.90 bits per heavy atom. The fourth-order valence-electron chi connectivity index (χ4n) is 1.82. The monoisotopic (exact) mass is 311 g/mol. The van der Waals surface area contributed by atoms with Crippen molar-refractivity contribution in [2.75, 3.05) is 11.9 Å². The predicted octanol–water partition coefficient (Wildman–Crippen LogP) is 3.60. The Labute approximate surface area is 127 Å². The molecule has 0 fully saturated rings. The maximum atomic E-state index is 10.1. The first-order valence-electron chi connectivity index (χ1n) is 6.58. The highest BCUT2D eigenvalue weighted by Gasteiger charge is 2.12. The van der Waals surface area contributed by atoms with Gasteiger partial charge in [0.2, 0.25) is 0 Å². The van der Waals surface area contributed by atoms with E-state index in [2.05, 4.69) is 22.2 Å². The first kappa shape index (κ1) is 15.2. The van der Waals surface area contributed by atoms with Crippen LogP contribution in [0.25, 0.3) is 0 Å². The first-order valence-corrected chi connectivity index (χ1v) is 7.91. The van der Waals surface area contributed by atoms with Crippen molar-refractivity contribution >= 4 is 28.8 Å². The van der Waals surface area contributed by atoms with E-state index >= 15 is 0 Å². The molecule has 0 bridgehead atoms. The van der Waals surface area contributed by atoms with Gasteiger partial charge in [-0.25, -0.2) is 9.97 Å². The molecule has 1 unspecified atom stereocenters. The van der Waals surface area contributed by atoms with Crippen LogP contribution in [-0.2, 0) is 6.42 Å². The Hall–Kier alpha value is -1.17. The van der Waals surface area contributed by atoms with Crippen LogP contribution in [-0.4, -0.2) is 21.6 Å². The van der Waals surface area contributed by atoms with Crippen molar-refractivity contribution in [2.45, 2.75) is 32.8 Å². The number of anilines is 1. The molecule has 2 aromatic heterocycles. The van der Waals surface area contributed by atoms with Crippen LogP contribution in [0.1, 0.15) is 36.4 Å². The molecular weight excluding hydrogens is 294 g/mol. The van der Waals surface area contributed by atoms with Crippen molar-refractivity contribution in [2.24, 2.45) is 0 Å². The van der Waals surface area contributed by atoms with Crippen LogP contribution in [0.4, 0.5) is 5.82 Å². The molecule has 0 amide bonds. The minimum absolute atomic E-state index is 0.399. The molecule has 0 radical (unpaired) electrons. The second-order valence-corrected chi connectivity index (χ2v) is 5.75. The quantitative estimate of drug-likeness (QED) is 0.800. The van der Waals surface area contributed by atoms with Gasteiger partial charge in [-0.1, -0.05) is 18.5 Å². The third kappa shape index (κ3) is 3.69. The number of aliphatic hydroxyl groups excluding tert-OH is 1. The highest BCUT2D eigenvalue weighted by atomic mass is 35.5. The molecule has 0 spiro atoms. The summed E-state index contributed by atoms with van der Waals surface area (Å²) in [7, 11) is 0. The third-order valence-electron chi connectivity index (χ3n) is 3.00. The molecule has 20 heavy (non-hydrogen) atoms. The fraction of sp³-hybridized carbons (Fsp3) is 0.429. The van der Waals surface area contributed by atoms with Gasteiger partial charge in [0.15, 0.2) is 0 Å². The molecule has 2 heterocycles. The second kappa shape index (κ2) is 7.02. The summed E-state index contributed by atoms with van der Waals surface area (Å²) in [4.78, 5) is 8.71. The van der Waals surface area contributed by atoms with Crippen molar-refractivity contribution in [1.29, 1.82) is 0 Å². The van der Waals surface area contributed by atoms with Gasteiger partial charge >= 0.3 is 0 Å². The number of aromatic nitrogens is 2. The molecule has 0 aliphatic heterocycles. The fourth-order valence-corrected chi connectivity index (χ4v) is 2.71. The van der Waals surface area contributed by atoms with Crippen LogP contribution >= 0.6 is 22.9 Å². The minimum atomic E-state index is -0.552. The van der Waals surface area contributed by atoms with Crippen LogP contribution in [0.5, 0.6) is 0 Å². The van der Waals surface area contributed by atoms with Crippen LogP contribution < -0.4 is 5.32 Å². The Morgan fingerprint density at radius 1 is 1.45 bits per heavy atom. The number of rotatable bonds is 6. The minimum Gasteiger partial charge on any atom is -0.387 e. The van der Waals surface area contributed by atoms with E-state index in [1.807, 2.05) is 23.8 Å². The molecule has 6 heteroatoms. The number of halogens is 1. The van der Waals surface area contributed by atoms with E-state index in [1.54, 1.807) is 11.3 Å². The van der Waals surface area contributed by atoms with Crippen LogP contribution in [0.3, 0.4) is 0 Å². The molecule has 2 rings (SSSR count). The van der Waals surface area contributed by atoms with Gasteiger partial charge in [-0.3, -0.25) is 0 Å². The number of hydrogen-bond donors (Lipinski definition) is 2. The Bertz CT molecular complexity index is 560. The summed E-state index contributed by atoms with van der Waals surface area (Å²) in [6, 6.07) is 1.92. The van der Waals surface area contributed by atoms with E-state index in [4.69, 9.17) is 11.6 Å². The van der Waals surface area contributed by atoms with Gasteiger partial charge in [-0.05, 0) is 35.7 Å². The van der Waals surface area contributed by atoms with Gasteiger partial charge in [0, 0.05) is 18.5 Å². The van der Waals surface area contributed by atoms with Gasteiger partial charge in [-0.2, -0.15) is 11.3 Å². The van der Waals surface area contributed by atoms with Gasteiger partial charge in [0.1, 0.15) is 16.8 Å². The molecule has 4 nitrogen and oxygen atoms in total. The molecular formula is C14H18ClN3OS. The second-order valence-electron chi connectivity index (χ2n) is 4.61. The largest absolute Gasteiger partial charge is 0.387 e. The standard InChI is InChI=1S/C14H18ClN3OS/c1-3-4-12-17-13(15)9(2)14(18-12)16-7-11(19)10-5-6-20-8-10/h5-6,8,11,19H,3-4,7H2,1-2H3,(H,16,17,18). The maximum absolute atomic E-state index is 10.1. The number of nitrogens with zero attached hydrogens (tertiary/aromatic N) is 2. The molecule has 0 aliphatic carbocycles. The third-order valence-corrected chi connectivity index (χ3v) is 4.07. The summed E-state index contributed by atoms with van der Waals surface area (Å²) >= 11 is 7.69. The van der Waals surface area contributed by atoms with E-state index in [-0.39, 0.29) is 0 Å². The molecule has 2 aromatic rings. The van der Waals surface area contributed by atoms with Crippen LogP contribution in [0.15, 0.2) is 16.8 Å². The summed E-state index contributed by atoms with van der Waals surface area (Å²) in [5.74, 6) is 1.43. The normalized spacial score (nSPS) is 12.4. The average molecular weight is 312 g/mol. The van der Waals surface area contributed by atoms with E-state index in [0.717, 1.165) is 29.8 Å². The topological polar surface area (TPSA) is 58.0 Å². The maximum Gasteiger partial charge on any atom is 0.137 e. The lowest BCUT2D eigenvalue weighted by Gasteiger charge is -2.14. The summed E-state index contributed by atoms with van der Waals surface area (Å²) in [6.07, 6.45) is 1.21. The van der Waals surface area contributed by atoms with Gasteiger partial charge in [0.05, 0.1) is 6.10 Å². The smallest absolute Gasteiger partial charge is 0.137 e. The van der Waals surface area contributed by atoms with Crippen LogP contribution in [0, 0.1) is 6.92 Å². The summed E-state index contributed by atoms with van der Waals surface area (Å²) < 4.78 is 0. The van der Waals surface area contributed by atoms with E-state index in [1.165, 1.54) is 0 Å². The lowest BCUT2D eigenvalue weighted by Crippen LogP contribution is -2.14. The number of aryl methyl sites for hydroxylation is 1. The molecule has 0 saturated carbocycles. The SMILES string of the molecule is CCCc1nc(Cl)c(C)c(NCC(O)c2ccsc2)n1. The van der Waals surface area contributed by atoms with Crippen LogP contribution in [0.2, 0.25) is 5.15 Å². The lowest BCUT2D eigenvalue weighted by atomic mass is 10.2. The van der Waals surface area contributed by atoms with Gasteiger partial charge in [0.25, 0.3) is 0 Å². The highest BCUT2D eigenvalue weighted by molar-refractivity contribution is 7.07. The number of thiophene rings is 1. The highest BCUT2D eigenvalue weighted by Crippen LogP contribution is 2.22. The Balaban J connectivity index is 2.08. The van der Waals surface area contributed by atoms with Crippen molar-refractivity contribution < 1.29 is 5.11 Å². The Kier molecular flexibility index (Phi) is 5.34. The van der Waals surface area contributed by atoms with E-state index < -0.39 is 6.10 Å². The number of aliphatic hydroxyl groups is 1. The van der Waals surface area contributed by atoms with E-state index in [0.29, 0.717) is 17.5 Å². The van der Waals surface area contributed by atoms with Crippen molar-refractivity contribution in [3.05, 3.63) is 38.9 Å². The zero-order chi connectivity index (χ0) is 14.5. The molecule has 108 valence electrons. The predicted molar refractivity (Wildman–Crippen MR) is 83.5 cm³/mol. The van der Waals surface area contributed by atoms with Gasteiger partial charge < -0.3 is 10.4 Å². The number of hydrogen-bond acceptors (Lipinski definition) is 5.